The number of alkyl halides is 3. The number of rotatable bonds is 4. The van der Waals surface area contributed by atoms with Crippen molar-refractivity contribution in [2.45, 2.75) is 62.9 Å². The number of likely N-dealkylation sites (tertiary alicyclic amines) is 1. The highest BCUT2D eigenvalue weighted by Gasteiger charge is 2.58. The molecule has 0 spiro atoms. The van der Waals surface area contributed by atoms with E-state index >= 15 is 0 Å². The second-order valence-electron chi connectivity index (χ2n) is 12.1. The van der Waals surface area contributed by atoms with Crippen LogP contribution in [0.2, 0.25) is 0 Å². The summed E-state index contributed by atoms with van der Waals surface area (Å²) in [6, 6.07) is 11.6. The number of fused-ring (bicyclic) bond motifs is 2. The van der Waals surface area contributed by atoms with Crippen LogP contribution in [0.25, 0.3) is 0 Å². The maximum atomic E-state index is 14.0. The Morgan fingerprint density at radius 3 is 2.59 bits per heavy atom. The molecule has 3 aliphatic heterocycles. The normalized spacial score (nSPS) is 26.8. The van der Waals surface area contributed by atoms with Crippen LogP contribution < -0.4 is 4.74 Å². The van der Waals surface area contributed by atoms with Crippen LogP contribution in [0.5, 0.6) is 5.75 Å². The van der Waals surface area contributed by atoms with Crippen molar-refractivity contribution >= 4 is 11.8 Å². The van der Waals surface area contributed by atoms with Gasteiger partial charge in [-0.2, -0.15) is 13.2 Å². The Hall–Kier alpha value is -3.11. The minimum absolute atomic E-state index is 0.000123. The van der Waals surface area contributed by atoms with Crippen molar-refractivity contribution in [3.63, 3.8) is 0 Å². The van der Waals surface area contributed by atoms with Crippen molar-refractivity contribution in [1.82, 2.24) is 14.7 Å². The van der Waals surface area contributed by atoms with Crippen molar-refractivity contribution in [3.05, 3.63) is 64.7 Å². The van der Waals surface area contributed by atoms with Crippen LogP contribution >= 0.6 is 0 Å². The summed E-state index contributed by atoms with van der Waals surface area (Å²) in [5, 5.41) is 0. The maximum absolute atomic E-state index is 14.0. The molecule has 10 heteroatoms. The molecule has 1 saturated carbocycles. The highest BCUT2D eigenvalue weighted by atomic mass is 19.4. The summed E-state index contributed by atoms with van der Waals surface area (Å²) in [5.41, 5.74) is 0.851. The topological polar surface area (TPSA) is 62.3 Å². The molecule has 0 radical (unpaired) electrons. The predicted molar refractivity (Wildman–Crippen MR) is 145 cm³/mol. The molecule has 2 aromatic rings. The van der Waals surface area contributed by atoms with Gasteiger partial charge in [-0.05, 0) is 87.0 Å². The van der Waals surface area contributed by atoms with Gasteiger partial charge in [-0.1, -0.05) is 12.1 Å². The fraction of sp³-hybridized carbons (Fsp3) is 0.548. The minimum Gasteiger partial charge on any atom is -0.473 e. The fourth-order valence-corrected chi connectivity index (χ4v) is 7.24. The number of nitrogens with zero attached hydrogens (tertiary/aromatic N) is 3. The smallest absolute Gasteiger partial charge is 0.416 e. The molecule has 3 heterocycles. The van der Waals surface area contributed by atoms with Crippen LogP contribution in [0, 0.1) is 5.41 Å². The number of hydrogen-bond acceptors (Lipinski definition) is 5. The van der Waals surface area contributed by atoms with E-state index in [9.17, 15) is 22.8 Å². The fourth-order valence-electron chi connectivity index (χ4n) is 7.24. The van der Waals surface area contributed by atoms with E-state index in [0.717, 1.165) is 44.5 Å². The molecular formula is C31H36F3N3O4. The lowest BCUT2D eigenvalue weighted by Gasteiger charge is -2.38. The van der Waals surface area contributed by atoms with Crippen LogP contribution in [0.4, 0.5) is 13.2 Å². The van der Waals surface area contributed by atoms with Crippen molar-refractivity contribution in [1.29, 1.82) is 0 Å². The summed E-state index contributed by atoms with van der Waals surface area (Å²) in [6.07, 6.45) is -0.645. The number of carbonyl (C=O) groups is 2. The lowest BCUT2D eigenvalue weighted by molar-refractivity contribution is -0.149. The van der Waals surface area contributed by atoms with Crippen LogP contribution in [0.1, 0.15) is 65.1 Å². The maximum Gasteiger partial charge on any atom is 0.416 e. The molecule has 4 aliphatic rings. The summed E-state index contributed by atoms with van der Waals surface area (Å²) in [5.74, 6) is 0.687. The largest absolute Gasteiger partial charge is 0.473 e. The molecule has 7 nitrogen and oxygen atoms in total. The van der Waals surface area contributed by atoms with Gasteiger partial charge in [0.05, 0.1) is 23.6 Å². The molecule has 3 atom stereocenters. The number of benzene rings is 2. The monoisotopic (exact) mass is 571 g/mol. The molecule has 0 N–H and O–H groups in total. The number of halogens is 3. The van der Waals surface area contributed by atoms with Crippen LogP contribution in [-0.2, 0) is 22.3 Å². The number of ether oxygens (including phenoxy) is 2. The standard InChI is InChI=1S/C31H36F3N3O4/c1-35(2)28(38)22-5-3-4-21(14-22)20-8-11-36(12-9-20)25-16-27-30(17-25,10-13-40-27)29(39)37-18-23-15-24(31(32,33)34)6-7-26(23)41-19-37/h3-7,14-15,20,25,27H,8-13,16-19H2,1-2H3/t25-,27-,30-/m1/s1. The van der Waals surface area contributed by atoms with Gasteiger partial charge in [0, 0.05) is 37.9 Å². The van der Waals surface area contributed by atoms with Gasteiger partial charge in [0.15, 0.2) is 6.73 Å². The van der Waals surface area contributed by atoms with E-state index in [-0.39, 0.29) is 37.2 Å². The molecule has 0 bridgehead atoms. The molecule has 2 aromatic carbocycles. The van der Waals surface area contributed by atoms with Crippen LogP contribution in [0.15, 0.2) is 42.5 Å². The molecule has 220 valence electrons. The third-order valence-electron chi connectivity index (χ3n) is 9.46. The van der Waals surface area contributed by atoms with Gasteiger partial charge in [0.1, 0.15) is 5.75 Å². The summed E-state index contributed by atoms with van der Waals surface area (Å²) < 4.78 is 51.7. The second kappa shape index (κ2) is 10.6. The molecule has 2 saturated heterocycles. The summed E-state index contributed by atoms with van der Waals surface area (Å²) in [6.45, 7) is 2.43. The Labute approximate surface area is 238 Å². The zero-order chi connectivity index (χ0) is 28.9. The van der Waals surface area contributed by atoms with Crippen molar-refractivity contribution < 1.29 is 32.2 Å². The van der Waals surface area contributed by atoms with E-state index in [0.29, 0.717) is 42.2 Å². The molecule has 41 heavy (non-hydrogen) atoms. The van der Waals surface area contributed by atoms with Crippen LogP contribution in [-0.4, -0.2) is 79.2 Å². The van der Waals surface area contributed by atoms with E-state index < -0.39 is 17.2 Å². The Balaban J connectivity index is 1.11. The summed E-state index contributed by atoms with van der Waals surface area (Å²) >= 11 is 0. The van der Waals surface area contributed by atoms with Crippen molar-refractivity contribution in [2.24, 2.45) is 5.41 Å². The lowest BCUT2D eigenvalue weighted by Crippen LogP contribution is -2.49. The van der Waals surface area contributed by atoms with Crippen molar-refractivity contribution in [2.75, 3.05) is 40.5 Å². The van der Waals surface area contributed by atoms with E-state index in [1.54, 1.807) is 23.9 Å². The number of carbonyl (C=O) groups excluding carboxylic acids is 2. The van der Waals surface area contributed by atoms with E-state index in [2.05, 4.69) is 11.0 Å². The van der Waals surface area contributed by atoms with Crippen molar-refractivity contribution in [3.8, 4) is 5.75 Å². The lowest BCUT2D eigenvalue weighted by atomic mass is 9.80. The number of piperidine rings is 1. The highest BCUT2D eigenvalue weighted by Crippen LogP contribution is 2.51. The summed E-state index contributed by atoms with van der Waals surface area (Å²) in [4.78, 5) is 32.0. The molecule has 3 fully saturated rings. The SMILES string of the molecule is CN(C)C(=O)c1cccc(C2CCN([C@@H]3C[C@H]4OCC[C@@]4(C(=O)N4COc5ccc(C(F)(F)F)cc5C4)C3)CC2)c1. The molecule has 0 aromatic heterocycles. The van der Waals surface area contributed by atoms with Gasteiger partial charge in [-0.3, -0.25) is 9.59 Å². The zero-order valence-corrected chi connectivity index (χ0v) is 23.5. The Bertz CT molecular complexity index is 1320. The molecular weight excluding hydrogens is 535 g/mol. The number of amides is 2. The highest BCUT2D eigenvalue weighted by molar-refractivity contribution is 5.94. The first-order valence-electron chi connectivity index (χ1n) is 14.3. The van der Waals surface area contributed by atoms with Gasteiger partial charge in [0.2, 0.25) is 5.91 Å². The average Bonchev–Trinajstić information content (AvgIpc) is 3.54. The average molecular weight is 572 g/mol. The molecule has 2 amide bonds. The summed E-state index contributed by atoms with van der Waals surface area (Å²) in [7, 11) is 3.51. The first-order chi connectivity index (χ1) is 19.5. The van der Waals surface area contributed by atoms with E-state index in [1.165, 1.54) is 11.6 Å². The molecule has 0 unspecified atom stereocenters. The van der Waals surface area contributed by atoms with E-state index in [1.807, 2.05) is 18.2 Å². The molecule has 6 rings (SSSR count). The Morgan fingerprint density at radius 2 is 1.85 bits per heavy atom. The van der Waals surface area contributed by atoms with Gasteiger partial charge < -0.3 is 24.2 Å². The molecule has 1 aliphatic carbocycles. The predicted octanol–water partition coefficient (Wildman–Crippen LogP) is 4.90. The van der Waals surface area contributed by atoms with Gasteiger partial charge in [-0.15, -0.1) is 0 Å². The quantitative estimate of drug-likeness (QED) is 0.523. The third-order valence-corrected chi connectivity index (χ3v) is 9.46. The van der Waals surface area contributed by atoms with Crippen LogP contribution in [0.3, 0.4) is 0 Å². The van der Waals surface area contributed by atoms with Gasteiger partial charge in [-0.25, -0.2) is 0 Å². The first kappa shape index (κ1) is 28.0. The number of hydrogen-bond donors (Lipinski definition) is 0. The zero-order valence-electron chi connectivity index (χ0n) is 23.5. The first-order valence-corrected chi connectivity index (χ1v) is 14.3. The van der Waals surface area contributed by atoms with Gasteiger partial charge >= 0.3 is 6.18 Å². The third kappa shape index (κ3) is 5.20. The second-order valence-corrected chi connectivity index (χ2v) is 12.1. The van der Waals surface area contributed by atoms with E-state index in [4.69, 9.17) is 9.47 Å². The van der Waals surface area contributed by atoms with Gasteiger partial charge in [0.25, 0.3) is 5.91 Å². The Kier molecular flexibility index (Phi) is 7.26. The Morgan fingerprint density at radius 1 is 1.07 bits per heavy atom. The minimum atomic E-state index is -4.46.